The number of hydrogen-bond donors (Lipinski definition) is 0. The van der Waals surface area contributed by atoms with Gasteiger partial charge in [0.15, 0.2) is 19.7 Å². The highest BCUT2D eigenvalue weighted by Gasteiger charge is 2.49. The first-order chi connectivity index (χ1) is 10.8. The fourth-order valence-electron chi connectivity index (χ4n) is 3.68. The van der Waals surface area contributed by atoms with Gasteiger partial charge in [0.2, 0.25) is 0 Å². The van der Waals surface area contributed by atoms with Crippen molar-refractivity contribution >= 4 is 19.7 Å². The lowest BCUT2D eigenvalue weighted by atomic mass is 9.93. The van der Waals surface area contributed by atoms with Gasteiger partial charge in [-0.2, -0.15) is 0 Å². The van der Waals surface area contributed by atoms with Crippen LogP contribution in [0.2, 0.25) is 0 Å². The van der Waals surface area contributed by atoms with E-state index in [-0.39, 0.29) is 29.3 Å². The molecule has 0 spiro atoms. The van der Waals surface area contributed by atoms with Crippen molar-refractivity contribution in [2.45, 2.75) is 51.2 Å². The van der Waals surface area contributed by atoms with Gasteiger partial charge in [-0.25, -0.2) is 16.8 Å². The third-order valence-electron chi connectivity index (χ3n) is 4.93. The van der Waals surface area contributed by atoms with Crippen LogP contribution in [-0.4, -0.2) is 33.6 Å². The predicted molar refractivity (Wildman–Crippen MR) is 94.5 cm³/mol. The van der Waals surface area contributed by atoms with Gasteiger partial charge in [-0.3, -0.25) is 0 Å². The zero-order chi connectivity index (χ0) is 17.1. The molecule has 2 rings (SSSR count). The first-order valence-electron chi connectivity index (χ1n) is 8.61. The van der Waals surface area contributed by atoms with Crippen LogP contribution in [0.15, 0.2) is 23.6 Å². The van der Waals surface area contributed by atoms with Crippen molar-refractivity contribution in [1.29, 1.82) is 0 Å². The summed E-state index contributed by atoms with van der Waals surface area (Å²) in [5, 5.41) is 0.825. The third kappa shape index (κ3) is 4.47. The summed E-state index contributed by atoms with van der Waals surface area (Å²) in [5.41, 5.74) is 0. The van der Waals surface area contributed by atoms with Crippen molar-refractivity contribution in [2.75, 3.05) is 11.5 Å². The van der Waals surface area contributed by atoms with Gasteiger partial charge >= 0.3 is 0 Å². The first-order valence-corrected chi connectivity index (χ1v) is 12.0. The summed E-state index contributed by atoms with van der Waals surface area (Å²) in [4.78, 5) is 0. The lowest BCUT2D eigenvalue weighted by Gasteiger charge is -2.25. The molecule has 4 nitrogen and oxygen atoms in total. The molecule has 0 radical (unpaired) electrons. The molecule has 0 saturated heterocycles. The molecule has 0 amide bonds. The Bertz CT molecular complexity index is 659. The van der Waals surface area contributed by atoms with E-state index in [0.29, 0.717) is 12.8 Å². The van der Waals surface area contributed by atoms with Gasteiger partial charge in [-0.15, -0.1) is 0 Å². The Morgan fingerprint density at radius 1 is 0.957 bits per heavy atom. The van der Waals surface area contributed by atoms with Crippen LogP contribution in [0.5, 0.6) is 0 Å². The predicted octanol–water partition coefficient (Wildman–Crippen LogP) is 3.12. The van der Waals surface area contributed by atoms with Crippen molar-refractivity contribution in [3.05, 3.63) is 23.6 Å². The molecule has 0 heterocycles. The molecule has 0 N–H and O–H groups in total. The lowest BCUT2D eigenvalue weighted by Crippen LogP contribution is -2.34. The fourth-order valence-corrected chi connectivity index (χ4v) is 7.40. The molecule has 1 fully saturated rings. The molecular formula is C17H28O4S2. The van der Waals surface area contributed by atoms with Crippen molar-refractivity contribution in [3.63, 3.8) is 0 Å². The summed E-state index contributed by atoms with van der Waals surface area (Å²) in [6.45, 7) is 3.93. The lowest BCUT2D eigenvalue weighted by molar-refractivity contribution is 0.513. The van der Waals surface area contributed by atoms with Gasteiger partial charge in [-0.1, -0.05) is 44.9 Å². The molecule has 0 aromatic heterocycles. The van der Waals surface area contributed by atoms with E-state index < -0.39 is 24.9 Å². The molecule has 1 saturated carbocycles. The average molecular weight is 361 g/mol. The van der Waals surface area contributed by atoms with Crippen molar-refractivity contribution in [2.24, 2.45) is 17.8 Å². The van der Waals surface area contributed by atoms with E-state index in [1.807, 2.05) is 19.9 Å². The monoisotopic (exact) mass is 360 g/mol. The summed E-state index contributed by atoms with van der Waals surface area (Å²) >= 11 is 0. The standard InChI is InChI=1S/C17H28O4S2/c1-3-5-10-22(18,19)12-9-16-14-7-8-15(13-14)17(16)23(20,21)11-6-4-2/h7-9,12,14-17H,3-6,10-11,13H2,1-2H3/b12-9-/t14-,15-,16-,17+/m0/s1. The van der Waals surface area contributed by atoms with Gasteiger partial charge in [0.25, 0.3) is 0 Å². The smallest absolute Gasteiger partial charge is 0.171 e. The molecule has 2 aliphatic rings. The van der Waals surface area contributed by atoms with Gasteiger partial charge in [-0.05, 0) is 31.1 Å². The molecule has 23 heavy (non-hydrogen) atoms. The number of fused-ring (bicyclic) bond motifs is 2. The first kappa shape index (κ1) is 18.7. The molecule has 0 aromatic carbocycles. The highest BCUT2D eigenvalue weighted by Crippen LogP contribution is 2.48. The minimum Gasteiger partial charge on any atom is -0.229 e. The van der Waals surface area contributed by atoms with Crippen LogP contribution in [0.3, 0.4) is 0 Å². The molecule has 132 valence electrons. The van der Waals surface area contributed by atoms with E-state index in [9.17, 15) is 16.8 Å². The molecule has 2 aliphatic carbocycles. The highest BCUT2D eigenvalue weighted by molar-refractivity contribution is 7.94. The molecular weight excluding hydrogens is 332 g/mol. The minimum absolute atomic E-state index is 0.0508. The Hall–Kier alpha value is -0.620. The molecule has 0 unspecified atom stereocenters. The summed E-state index contributed by atoms with van der Waals surface area (Å²) in [5.74, 6) is 0.374. The average Bonchev–Trinajstić information content (AvgIpc) is 3.10. The summed E-state index contributed by atoms with van der Waals surface area (Å²) in [6.07, 6.45) is 9.55. The van der Waals surface area contributed by atoms with Crippen LogP contribution < -0.4 is 0 Å². The highest BCUT2D eigenvalue weighted by atomic mass is 32.2. The fraction of sp³-hybridized carbons (Fsp3) is 0.765. The van der Waals surface area contributed by atoms with Crippen LogP contribution in [0, 0.1) is 17.8 Å². The number of rotatable bonds is 9. The molecule has 0 aliphatic heterocycles. The second-order valence-corrected chi connectivity index (χ2v) is 11.0. The Kier molecular flexibility index (Phi) is 6.11. The Morgan fingerprint density at radius 3 is 2.22 bits per heavy atom. The number of hydrogen-bond acceptors (Lipinski definition) is 4. The Labute approximate surface area is 140 Å². The topological polar surface area (TPSA) is 68.3 Å². The number of unbranched alkanes of at least 4 members (excludes halogenated alkanes) is 2. The van der Waals surface area contributed by atoms with Crippen LogP contribution in [0.1, 0.15) is 46.0 Å². The number of sulfone groups is 2. The summed E-state index contributed by atoms with van der Waals surface area (Å²) in [6, 6.07) is 0. The Balaban J connectivity index is 2.18. The van der Waals surface area contributed by atoms with E-state index in [0.717, 1.165) is 19.3 Å². The van der Waals surface area contributed by atoms with Crippen LogP contribution in [-0.2, 0) is 19.7 Å². The van der Waals surface area contributed by atoms with Gasteiger partial charge in [0.05, 0.1) is 16.8 Å². The van der Waals surface area contributed by atoms with Crippen LogP contribution in [0.4, 0.5) is 0 Å². The van der Waals surface area contributed by atoms with Gasteiger partial charge in [0, 0.05) is 11.3 Å². The maximum Gasteiger partial charge on any atom is 0.171 e. The van der Waals surface area contributed by atoms with E-state index in [1.54, 1.807) is 6.08 Å². The van der Waals surface area contributed by atoms with Gasteiger partial charge < -0.3 is 0 Å². The summed E-state index contributed by atoms with van der Waals surface area (Å²) < 4.78 is 49.4. The van der Waals surface area contributed by atoms with E-state index >= 15 is 0 Å². The maximum absolute atomic E-state index is 12.7. The second-order valence-electron chi connectivity index (χ2n) is 6.76. The molecule has 6 heteroatoms. The Morgan fingerprint density at radius 2 is 1.57 bits per heavy atom. The maximum atomic E-state index is 12.7. The van der Waals surface area contributed by atoms with Crippen LogP contribution in [0.25, 0.3) is 0 Å². The number of allylic oxidation sites excluding steroid dienone is 3. The minimum atomic E-state index is -3.23. The largest absolute Gasteiger partial charge is 0.229 e. The van der Waals surface area contributed by atoms with Crippen LogP contribution >= 0.6 is 0 Å². The quantitative estimate of drug-likeness (QED) is 0.593. The van der Waals surface area contributed by atoms with E-state index in [4.69, 9.17) is 0 Å². The normalized spacial score (nSPS) is 30.5. The van der Waals surface area contributed by atoms with E-state index in [2.05, 4.69) is 6.08 Å². The second kappa shape index (κ2) is 7.51. The van der Waals surface area contributed by atoms with Crippen molar-refractivity contribution in [1.82, 2.24) is 0 Å². The van der Waals surface area contributed by atoms with E-state index in [1.165, 1.54) is 5.41 Å². The summed E-state index contributed by atoms with van der Waals surface area (Å²) in [7, 11) is -6.42. The molecule has 4 atom stereocenters. The zero-order valence-electron chi connectivity index (χ0n) is 14.0. The van der Waals surface area contributed by atoms with Crippen molar-refractivity contribution < 1.29 is 16.8 Å². The van der Waals surface area contributed by atoms with Crippen molar-refractivity contribution in [3.8, 4) is 0 Å². The third-order valence-corrected chi connectivity index (χ3v) is 8.71. The SMILES string of the molecule is CCCCS(=O)(=O)/C=C\[C@@H]1[C@H](S(=O)(=O)CCCC)[C@H]2C=C[C@H]1C2. The van der Waals surface area contributed by atoms with Gasteiger partial charge in [0.1, 0.15) is 0 Å². The molecule has 2 bridgehead atoms. The molecule has 0 aromatic rings. The zero-order valence-corrected chi connectivity index (χ0v) is 15.7.